The van der Waals surface area contributed by atoms with Crippen molar-refractivity contribution < 1.29 is 14.4 Å². The maximum absolute atomic E-state index is 13.3. The van der Waals surface area contributed by atoms with E-state index in [-0.39, 0.29) is 22.6 Å². The van der Waals surface area contributed by atoms with E-state index in [9.17, 15) is 14.9 Å². The summed E-state index contributed by atoms with van der Waals surface area (Å²) in [5, 5.41) is 12.1. The Hall–Kier alpha value is -4.46. The Labute approximate surface area is 183 Å². The molecule has 0 saturated carbocycles. The standard InChI is InChI=1S/C24H19N3O5/c1-31-21-14-16(20(27(29)30)15-22(21)32-2)12-13-23-25-19-11-7-6-10-18(19)24(28)26(23)17-8-4-3-5-9-17/h3-15H,1-2H3/b13-12+. The highest BCUT2D eigenvalue weighted by Crippen LogP contribution is 2.35. The third-order valence-electron chi connectivity index (χ3n) is 4.96. The molecule has 0 unspecified atom stereocenters. The number of methoxy groups -OCH3 is 2. The maximum atomic E-state index is 13.3. The summed E-state index contributed by atoms with van der Waals surface area (Å²) in [4.78, 5) is 29.0. The highest BCUT2D eigenvalue weighted by Gasteiger charge is 2.18. The fourth-order valence-electron chi connectivity index (χ4n) is 3.43. The van der Waals surface area contributed by atoms with Gasteiger partial charge in [0.05, 0.1) is 47.4 Å². The summed E-state index contributed by atoms with van der Waals surface area (Å²) in [7, 11) is 2.86. The molecule has 8 heteroatoms. The van der Waals surface area contributed by atoms with Crippen LogP contribution in [0.1, 0.15) is 11.4 Å². The second kappa shape index (κ2) is 8.73. The van der Waals surface area contributed by atoms with Crippen molar-refractivity contribution in [2.24, 2.45) is 0 Å². The Bertz CT molecular complexity index is 1390. The van der Waals surface area contributed by atoms with Gasteiger partial charge >= 0.3 is 0 Å². The van der Waals surface area contributed by atoms with Crippen molar-refractivity contribution in [1.29, 1.82) is 0 Å². The van der Waals surface area contributed by atoms with Crippen molar-refractivity contribution in [2.75, 3.05) is 14.2 Å². The lowest BCUT2D eigenvalue weighted by Gasteiger charge is -2.12. The average molecular weight is 429 g/mol. The highest BCUT2D eigenvalue weighted by molar-refractivity contribution is 5.81. The largest absolute Gasteiger partial charge is 0.493 e. The molecule has 3 aromatic carbocycles. The van der Waals surface area contributed by atoms with Crippen molar-refractivity contribution in [1.82, 2.24) is 9.55 Å². The first-order valence-electron chi connectivity index (χ1n) is 9.69. The molecule has 0 aliphatic carbocycles. The molecule has 0 aliphatic heterocycles. The Balaban J connectivity index is 1.94. The molecule has 0 amide bonds. The SMILES string of the molecule is COc1cc(/C=C/c2nc3ccccc3c(=O)n2-c2ccccc2)c([N+](=O)[O-])cc1OC. The Morgan fingerprint density at radius 2 is 1.59 bits per heavy atom. The predicted molar refractivity (Wildman–Crippen MR) is 122 cm³/mol. The summed E-state index contributed by atoms with van der Waals surface area (Å²) < 4.78 is 11.9. The van der Waals surface area contributed by atoms with Gasteiger partial charge in [0.25, 0.3) is 11.2 Å². The molecule has 0 N–H and O–H groups in total. The first-order valence-corrected chi connectivity index (χ1v) is 9.69. The van der Waals surface area contributed by atoms with Crippen LogP contribution in [0, 0.1) is 10.1 Å². The zero-order valence-corrected chi connectivity index (χ0v) is 17.4. The van der Waals surface area contributed by atoms with Crippen molar-refractivity contribution >= 4 is 28.7 Å². The van der Waals surface area contributed by atoms with Gasteiger partial charge < -0.3 is 9.47 Å². The molecule has 4 aromatic rings. The smallest absolute Gasteiger partial charge is 0.280 e. The molecule has 0 fully saturated rings. The van der Waals surface area contributed by atoms with Gasteiger partial charge in [0, 0.05) is 0 Å². The number of nitrogens with zero attached hydrogens (tertiary/aromatic N) is 3. The number of nitro benzene ring substituents is 1. The third kappa shape index (κ3) is 3.81. The van der Waals surface area contributed by atoms with Crippen molar-refractivity contribution in [3.05, 3.63) is 98.6 Å². The van der Waals surface area contributed by atoms with Gasteiger partial charge in [-0.25, -0.2) is 4.98 Å². The summed E-state index contributed by atoms with van der Waals surface area (Å²) >= 11 is 0. The number of hydrogen-bond acceptors (Lipinski definition) is 6. The number of fused-ring (bicyclic) bond motifs is 1. The molecule has 0 saturated heterocycles. The van der Waals surface area contributed by atoms with Crippen LogP contribution in [0.15, 0.2) is 71.5 Å². The maximum Gasteiger partial charge on any atom is 0.280 e. The lowest BCUT2D eigenvalue weighted by Crippen LogP contribution is -2.22. The molecule has 160 valence electrons. The molecule has 1 heterocycles. The molecule has 1 aromatic heterocycles. The van der Waals surface area contributed by atoms with E-state index >= 15 is 0 Å². The van der Waals surface area contributed by atoms with E-state index in [0.717, 1.165) is 0 Å². The minimum absolute atomic E-state index is 0.159. The second-order valence-electron chi connectivity index (χ2n) is 6.82. The average Bonchev–Trinajstić information content (AvgIpc) is 2.82. The van der Waals surface area contributed by atoms with Crippen molar-refractivity contribution in [2.45, 2.75) is 0 Å². The summed E-state index contributed by atoms with van der Waals surface area (Å²) in [6.45, 7) is 0. The summed E-state index contributed by atoms with van der Waals surface area (Å²) in [6.07, 6.45) is 3.12. The molecule has 8 nitrogen and oxygen atoms in total. The van der Waals surface area contributed by atoms with E-state index in [2.05, 4.69) is 4.98 Å². The van der Waals surface area contributed by atoms with Crippen LogP contribution >= 0.6 is 0 Å². The van der Waals surface area contributed by atoms with E-state index in [4.69, 9.17) is 9.47 Å². The van der Waals surface area contributed by atoms with Crippen molar-refractivity contribution in [3.8, 4) is 17.2 Å². The van der Waals surface area contributed by atoms with Gasteiger partial charge in [-0.3, -0.25) is 19.5 Å². The number of ether oxygens (including phenoxy) is 2. The number of benzene rings is 3. The number of para-hydroxylation sites is 2. The Morgan fingerprint density at radius 1 is 0.938 bits per heavy atom. The van der Waals surface area contributed by atoms with Gasteiger partial charge in [0.2, 0.25) is 0 Å². The Morgan fingerprint density at radius 3 is 2.28 bits per heavy atom. The third-order valence-corrected chi connectivity index (χ3v) is 4.96. The van der Waals surface area contributed by atoms with Crippen LogP contribution in [0.25, 0.3) is 28.7 Å². The molecule has 0 spiro atoms. The van der Waals surface area contributed by atoms with Gasteiger partial charge in [-0.2, -0.15) is 0 Å². The monoisotopic (exact) mass is 429 g/mol. The van der Waals surface area contributed by atoms with Gasteiger partial charge in [0.1, 0.15) is 5.82 Å². The highest BCUT2D eigenvalue weighted by atomic mass is 16.6. The van der Waals surface area contributed by atoms with Crippen LogP contribution in [-0.2, 0) is 0 Å². The quantitative estimate of drug-likeness (QED) is 0.331. The lowest BCUT2D eigenvalue weighted by molar-refractivity contribution is -0.385. The zero-order chi connectivity index (χ0) is 22.7. The molecular formula is C24H19N3O5. The molecule has 0 aliphatic rings. The summed E-state index contributed by atoms with van der Waals surface area (Å²) in [5.74, 6) is 0.940. The topological polar surface area (TPSA) is 96.5 Å². The number of aromatic nitrogens is 2. The van der Waals surface area contributed by atoms with E-state index in [1.165, 1.54) is 37.0 Å². The number of rotatable bonds is 6. The normalized spacial score (nSPS) is 11.1. The van der Waals surface area contributed by atoms with Gasteiger partial charge in [-0.1, -0.05) is 30.3 Å². The van der Waals surface area contributed by atoms with Gasteiger partial charge in [-0.15, -0.1) is 0 Å². The van der Waals surface area contributed by atoms with E-state index in [1.54, 1.807) is 42.5 Å². The van der Waals surface area contributed by atoms with E-state index in [0.29, 0.717) is 28.2 Å². The molecular weight excluding hydrogens is 410 g/mol. The molecule has 32 heavy (non-hydrogen) atoms. The number of nitro groups is 1. The fraction of sp³-hybridized carbons (Fsp3) is 0.0833. The first-order chi connectivity index (χ1) is 15.5. The lowest BCUT2D eigenvalue weighted by atomic mass is 10.1. The van der Waals surface area contributed by atoms with E-state index in [1.807, 2.05) is 18.2 Å². The fourth-order valence-corrected chi connectivity index (χ4v) is 3.43. The first kappa shape index (κ1) is 20.8. The molecule has 4 rings (SSSR count). The van der Waals surface area contributed by atoms with E-state index < -0.39 is 4.92 Å². The summed E-state index contributed by atoms with van der Waals surface area (Å²) in [5.41, 5.74) is 1.06. The van der Waals surface area contributed by atoms with Crippen LogP contribution in [0.3, 0.4) is 0 Å². The van der Waals surface area contributed by atoms with Gasteiger partial charge in [-0.05, 0) is 42.5 Å². The second-order valence-corrected chi connectivity index (χ2v) is 6.82. The Kier molecular flexibility index (Phi) is 5.67. The number of hydrogen-bond donors (Lipinski definition) is 0. The minimum Gasteiger partial charge on any atom is -0.493 e. The molecule has 0 bridgehead atoms. The molecule has 0 radical (unpaired) electrons. The molecule has 0 atom stereocenters. The van der Waals surface area contributed by atoms with Gasteiger partial charge in [0.15, 0.2) is 11.5 Å². The van der Waals surface area contributed by atoms with Crippen molar-refractivity contribution in [3.63, 3.8) is 0 Å². The predicted octanol–water partition coefficient (Wildman–Crippen LogP) is 4.48. The van der Waals surface area contributed by atoms with Crippen LogP contribution in [-0.4, -0.2) is 28.7 Å². The van der Waals surface area contributed by atoms with Crippen LogP contribution in [0.5, 0.6) is 11.5 Å². The summed E-state index contributed by atoms with van der Waals surface area (Å²) in [6, 6.07) is 19.0. The minimum atomic E-state index is -0.500. The van der Waals surface area contributed by atoms with Crippen LogP contribution in [0.2, 0.25) is 0 Å². The zero-order valence-electron chi connectivity index (χ0n) is 17.4. The van der Waals surface area contributed by atoms with Crippen LogP contribution < -0.4 is 15.0 Å². The van der Waals surface area contributed by atoms with Crippen LogP contribution in [0.4, 0.5) is 5.69 Å².